The SMILES string of the molecule is C[C@@H]1CC[C@@H]2N(C1)C[C@H]1[C@H]([C@@H](O)[C@H](O)[C@@]3(O)[C@H]1C[C@@]14O[C@@]5(O)[C@@H](C[C@H](O)[C@@H]31)[C@]4(C)CC[C@@H]5O)[C@@]2(C)O. The summed E-state index contributed by atoms with van der Waals surface area (Å²) in [6, 6.07) is -0.130. The number of fused-ring (bicyclic) bond motifs is 5. The minimum absolute atomic E-state index is 0.130. The van der Waals surface area contributed by atoms with Gasteiger partial charge in [-0.1, -0.05) is 13.8 Å². The Labute approximate surface area is 212 Å². The highest BCUT2D eigenvalue weighted by atomic mass is 16.7. The molecule has 3 saturated heterocycles. The molecule has 1 spiro atoms. The van der Waals surface area contributed by atoms with E-state index in [-0.39, 0.29) is 18.4 Å². The van der Waals surface area contributed by atoms with Gasteiger partial charge >= 0.3 is 0 Å². The van der Waals surface area contributed by atoms with Crippen molar-refractivity contribution in [3.8, 4) is 0 Å². The summed E-state index contributed by atoms with van der Waals surface area (Å²) in [6.45, 7) is 7.40. The zero-order valence-corrected chi connectivity index (χ0v) is 21.5. The van der Waals surface area contributed by atoms with Crippen LogP contribution in [0.1, 0.15) is 59.3 Å². The Balaban J connectivity index is 1.37. The first-order valence-corrected chi connectivity index (χ1v) is 14.1. The number of ether oxygens (including phenoxy) is 1. The molecule has 4 aliphatic carbocycles. The average molecular weight is 510 g/mol. The first kappa shape index (κ1) is 24.7. The zero-order valence-electron chi connectivity index (χ0n) is 21.5. The van der Waals surface area contributed by atoms with Crippen LogP contribution in [-0.2, 0) is 4.74 Å². The number of aliphatic hydroxyl groups excluding tert-OH is 4. The number of piperidine rings is 2. The van der Waals surface area contributed by atoms with Crippen molar-refractivity contribution in [2.24, 2.45) is 40.9 Å². The van der Waals surface area contributed by atoms with Crippen molar-refractivity contribution in [3.05, 3.63) is 0 Å². The molecule has 7 rings (SSSR count). The monoisotopic (exact) mass is 509 g/mol. The smallest absolute Gasteiger partial charge is 0.196 e. The lowest BCUT2D eigenvalue weighted by Gasteiger charge is -2.63. The molecule has 0 unspecified atom stereocenters. The highest BCUT2D eigenvalue weighted by Crippen LogP contribution is 2.76. The molecule has 7 aliphatic rings. The van der Waals surface area contributed by atoms with E-state index in [0.29, 0.717) is 31.7 Å². The van der Waals surface area contributed by atoms with E-state index in [1.807, 2.05) is 6.92 Å². The quantitative estimate of drug-likeness (QED) is 0.222. The molecular weight excluding hydrogens is 466 g/mol. The molecule has 9 nitrogen and oxygen atoms in total. The van der Waals surface area contributed by atoms with E-state index in [9.17, 15) is 35.7 Å². The Hall–Kier alpha value is -0.360. The van der Waals surface area contributed by atoms with Crippen LogP contribution in [0.4, 0.5) is 0 Å². The molecule has 204 valence electrons. The van der Waals surface area contributed by atoms with Gasteiger partial charge in [-0.3, -0.25) is 4.90 Å². The maximum Gasteiger partial charge on any atom is 0.196 e. The number of rotatable bonds is 0. The Bertz CT molecular complexity index is 964. The van der Waals surface area contributed by atoms with Crippen molar-refractivity contribution in [2.45, 2.75) is 112 Å². The lowest BCUT2D eigenvalue weighted by molar-refractivity contribution is -0.295. The van der Waals surface area contributed by atoms with E-state index in [4.69, 9.17) is 4.74 Å². The molecule has 0 radical (unpaired) electrons. The van der Waals surface area contributed by atoms with Crippen molar-refractivity contribution in [1.82, 2.24) is 4.90 Å². The Morgan fingerprint density at radius 1 is 0.944 bits per heavy atom. The van der Waals surface area contributed by atoms with Gasteiger partial charge in [0.2, 0.25) is 0 Å². The van der Waals surface area contributed by atoms with Gasteiger partial charge in [-0.05, 0) is 63.2 Å². The van der Waals surface area contributed by atoms with Crippen molar-refractivity contribution < 1.29 is 40.5 Å². The van der Waals surface area contributed by atoms with E-state index < -0.39 is 76.1 Å². The first-order valence-electron chi connectivity index (χ1n) is 14.1. The fraction of sp³-hybridized carbons (Fsp3) is 1.00. The third-order valence-corrected chi connectivity index (χ3v) is 12.8. The molecule has 9 heteroatoms. The van der Waals surface area contributed by atoms with Gasteiger partial charge in [-0.15, -0.1) is 0 Å². The van der Waals surface area contributed by atoms with Gasteiger partial charge in [0, 0.05) is 42.3 Å². The van der Waals surface area contributed by atoms with Crippen molar-refractivity contribution in [1.29, 1.82) is 0 Å². The summed E-state index contributed by atoms with van der Waals surface area (Å²) in [7, 11) is 0. The topological polar surface area (TPSA) is 154 Å². The van der Waals surface area contributed by atoms with Crippen LogP contribution in [-0.4, -0.2) is 107 Å². The summed E-state index contributed by atoms with van der Waals surface area (Å²) < 4.78 is 6.51. The minimum Gasteiger partial charge on any atom is -0.393 e. The van der Waals surface area contributed by atoms with E-state index in [1.54, 1.807) is 6.92 Å². The number of hydrogen-bond donors (Lipinski definition) is 7. The standard InChI is InChI=1S/C27H43NO8/c1-12-4-5-17-24(3,33)19-13(11-28(17)10-12)14-9-25-21(26(14,34)22(32)20(19)31)15(29)8-16-23(25,2)7-6-18(30)27(16,35)36-25/h12-22,29-35H,4-11H2,1-3H3/t12-,13-,14+,15+,16+,17+,18+,19-,20-,21-,22+,23+,24+,25-,26-,27+/m1/s1. The van der Waals surface area contributed by atoms with Gasteiger partial charge in [0.05, 0.1) is 23.4 Å². The van der Waals surface area contributed by atoms with E-state index in [0.717, 1.165) is 19.4 Å². The summed E-state index contributed by atoms with van der Waals surface area (Å²) in [5.74, 6) is -4.29. The van der Waals surface area contributed by atoms with Crippen LogP contribution in [0.3, 0.4) is 0 Å². The molecule has 0 amide bonds. The molecule has 4 saturated carbocycles. The highest BCUT2D eigenvalue weighted by molar-refractivity contribution is 5.33. The summed E-state index contributed by atoms with van der Waals surface area (Å²) >= 11 is 0. The third-order valence-electron chi connectivity index (χ3n) is 12.8. The molecular formula is C27H43NO8. The summed E-state index contributed by atoms with van der Waals surface area (Å²) in [6.07, 6.45) is -1.92. The van der Waals surface area contributed by atoms with Gasteiger partial charge in [0.25, 0.3) is 0 Å². The second-order valence-corrected chi connectivity index (χ2v) is 14.2. The Morgan fingerprint density at radius 2 is 1.67 bits per heavy atom. The molecule has 0 aromatic rings. The number of hydrogen-bond acceptors (Lipinski definition) is 9. The maximum absolute atomic E-state index is 12.5. The third kappa shape index (κ3) is 2.46. The van der Waals surface area contributed by atoms with Gasteiger partial charge in [0.1, 0.15) is 17.8 Å². The second kappa shape index (κ2) is 7.04. The van der Waals surface area contributed by atoms with Crippen LogP contribution in [0.2, 0.25) is 0 Å². The van der Waals surface area contributed by atoms with Crippen LogP contribution >= 0.6 is 0 Å². The van der Waals surface area contributed by atoms with Crippen molar-refractivity contribution in [2.75, 3.05) is 13.1 Å². The van der Waals surface area contributed by atoms with Gasteiger partial charge in [0.15, 0.2) is 5.79 Å². The first-order chi connectivity index (χ1) is 16.7. The number of aliphatic hydroxyl groups is 7. The van der Waals surface area contributed by atoms with Gasteiger partial charge in [-0.2, -0.15) is 0 Å². The number of nitrogens with zero attached hydrogens (tertiary/aromatic N) is 1. The maximum atomic E-state index is 12.5. The van der Waals surface area contributed by atoms with E-state index in [2.05, 4.69) is 11.8 Å². The summed E-state index contributed by atoms with van der Waals surface area (Å²) in [5.41, 5.74) is -4.88. The normalized spacial score (nSPS) is 68.0. The fourth-order valence-electron chi connectivity index (χ4n) is 11.4. The molecule has 7 fully saturated rings. The molecule has 16 atom stereocenters. The Morgan fingerprint density at radius 3 is 2.39 bits per heavy atom. The van der Waals surface area contributed by atoms with Crippen LogP contribution in [0, 0.1) is 40.9 Å². The predicted molar refractivity (Wildman–Crippen MR) is 126 cm³/mol. The summed E-state index contributed by atoms with van der Waals surface area (Å²) in [5, 5.41) is 81.4. The predicted octanol–water partition coefficient (Wildman–Crippen LogP) is -0.814. The highest BCUT2D eigenvalue weighted by Gasteiger charge is 2.86. The van der Waals surface area contributed by atoms with Crippen LogP contribution in [0.25, 0.3) is 0 Å². The van der Waals surface area contributed by atoms with E-state index >= 15 is 0 Å². The molecule has 4 bridgehead atoms. The van der Waals surface area contributed by atoms with Crippen LogP contribution < -0.4 is 0 Å². The fourth-order valence-corrected chi connectivity index (χ4v) is 11.4. The molecule has 3 aliphatic heterocycles. The second-order valence-electron chi connectivity index (χ2n) is 14.2. The molecule has 0 aromatic carbocycles. The average Bonchev–Trinajstić information content (AvgIpc) is 3.08. The van der Waals surface area contributed by atoms with E-state index in [1.165, 1.54) is 0 Å². The molecule has 36 heavy (non-hydrogen) atoms. The van der Waals surface area contributed by atoms with Gasteiger partial charge in [-0.25, -0.2) is 0 Å². The van der Waals surface area contributed by atoms with Crippen LogP contribution in [0.5, 0.6) is 0 Å². The largest absolute Gasteiger partial charge is 0.393 e. The van der Waals surface area contributed by atoms with Crippen molar-refractivity contribution in [3.63, 3.8) is 0 Å². The minimum atomic E-state index is -1.85. The Kier molecular flexibility index (Phi) is 4.82. The van der Waals surface area contributed by atoms with Gasteiger partial charge < -0.3 is 40.5 Å². The molecule has 0 aromatic heterocycles. The molecule has 3 heterocycles. The summed E-state index contributed by atoms with van der Waals surface area (Å²) in [4.78, 5) is 2.30. The lowest BCUT2D eigenvalue weighted by atomic mass is 9.49. The van der Waals surface area contributed by atoms with Crippen LogP contribution in [0.15, 0.2) is 0 Å². The van der Waals surface area contributed by atoms with Crippen molar-refractivity contribution >= 4 is 0 Å². The zero-order chi connectivity index (χ0) is 25.8. The lowest BCUT2D eigenvalue weighted by Crippen LogP contribution is -2.76. The molecule has 7 N–H and O–H groups in total.